The maximum atomic E-state index is 12.3. The minimum Gasteiger partial charge on any atom is -0.465 e. The number of likely N-dealkylation sites (N-methyl/N-ethyl adjacent to an activating group) is 1. The monoisotopic (exact) mass is 284 g/mol. The molecule has 1 aliphatic rings. The van der Waals surface area contributed by atoms with Gasteiger partial charge in [0, 0.05) is 13.1 Å². The van der Waals surface area contributed by atoms with Crippen molar-refractivity contribution in [1.29, 1.82) is 0 Å². The van der Waals surface area contributed by atoms with Crippen molar-refractivity contribution in [2.24, 2.45) is 5.92 Å². The fraction of sp³-hybridized carbons (Fsp3) is 0.938. The van der Waals surface area contributed by atoms with Gasteiger partial charge in [0.05, 0.1) is 6.61 Å². The summed E-state index contributed by atoms with van der Waals surface area (Å²) in [6.45, 7) is 12.9. The van der Waals surface area contributed by atoms with Crippen molar-refractivity contribution in [3.05, 3.63) is 0 Å². The molecule has 1 aliphatic carbocycles. The molecule has 1 saturated carbocycles. The van der Waals surface area contributed by atoms with E-state index in [2.05, 4.69) is 31.0 Å². The third-order valence-corrected chi connectivity index (χ3v) is 4.58. The van der Waals surface area contributed by atoms with Crippen molar-refractivity contribution in [3.63, 3.8) is 0 Å². The summed E-state index contributed by atoms with van der Waals surface area (Å²) in [6.07, 6.45) is 4.03. The van der Waals surface area contributed by atoms with Crippen LogP contribution in [-0.2, 0) is 9.53 Å². The highest BCUT2D eigenvalue weighted by Crippen LogP contribution is 2.32. The predicted octanol–water partition coefficient (Wildman–Crippen LogP) is 2.43. The number of nitrogens with one attached hydrogen (secondary N) is 1. The van der Waals surface area contributed by atoms with Crippen LogP contribution in [0, 0.1) is 5.92 Å². The molecular weight excluding hydrogens is 252 g/mol. The minimum atomic E-state index is -0.435. The molecule has 0 saturated heterocycles. The Hall–Kier alpha value is -0.610. The van der Waals surface area contributed by atoms with Crippen molar-refractivity contribution < 1.29 is 9.53 Å². The van der Waals surface area contributed by atoms with E-state index in [1.165, 1.54) is 0 Å². The molecule has 1 fully saturated rings. The Morgan fingerprint density at radius 1 is 1.25 bits per heavy atom. The maximum absolute atomic E-state index is 12.3. The smallest absolute Gasteiger partial charge is 0.326 e. The van der Waals surface area contributed by atoms with Crippen molar-refractivity contribution in [1.82, 2.24) is 10.2 Å². The standard InChI is InChI=1S/C16H32N2O2/c1-5-18(6-2)13-12-17-16(15(19)20-7-3)10-8-14(4)9-11-16/h14,17H,5-13H2,1-4H3. The quantitative estimate of drug-likeness (QED) is 0.695. The van der Waals surface area contributed by atoms with E-state index in [0.29, 0.717) is 6.61 Å². The molecule has 1 rings (SSSR count). The molecule has 0 amide bonds. The average Bonchev–Trinajstić information content (AvgIpc) is 2.46. The highest BCUT2D eigenvalue weighted by Gasteiger charge is 2.41. The van der Waals surface area contributed by atoms with E-state index < -0.39 is 5.54 Å². The number of hydrogen-bond donors (Lipinski definition) is 1. The molecule has 0 radical (unpaired) electrons. The predicted molar refractivity (Wildman–Crippen MR) is 82.8 cm³/mol. The zero-order valence-electron chi connectivity index (χ0n) is 13.7. The molecule has 0 aliphatic heterocycles. The number of carbonyl (C=O) groups is 1. The van der Waals surface area contributed by atoms with Gasteiger partial charge in [-0.1, -0.05) is 20.8 Å². The van der Waals surface area contributed by atoms with Crippen LogP contribution in [0.5, 0.6) is 0 Å². The molecule has 4 heteroatoms. The van der Waals surface area contributed by atoms with Crippen LogP contribution in [0.1, 0.15) is 53.4 Å². The highest BCUT2D eigenvalue weighted by molar-refractivity contribution is 5.81. The Morgan fingerprint density at radius 3 is 2.35 bits per heavy atom. The SMILES string of the molecule is CCOC(=O)C1(NCCN(CC)CC)CCC(C)CC1. The Morgan fingerprint density at radius 2 is 1.85 bits per heavy atom. The van der Waals surface area contributed by atoms with Crippen LogP contribution in [-0.4, -0.2) is 49.2 Å². The molecule has 0 bridgehead atoms. The normalized spacial score (nSPS) is 26.8. The zero-order chi connectivity index (χ0) is 15.0. The molecule has 0 unspecified atom stereocenters. The van der Waals surface area contributed by atoms with Crippen molar-refractivity contribution in [2.45, 2.75) is 58.9 Å². The molecular formula is C16H32N2O2. The fourth-order valence-electron chi connectivity index (χ4n) is 2.97. The molecule has 0 aromatic rings. The van der Waals surface area contributed by atoms with Gasteiger partial charge < -0.3 is 15.0 Å². The summed E-state index contributed by atoms with van der Waals surface area (Å²) in [5, 5.41) is 3.52. The first-order valence-corrected chi connectivity index (χ1v) is 8.22. The lowest BCUT2D eigenvalue weighted by Crippen LogP contribution is -2.56. The second-order valence-corrected chi connectivity index (χ2v) is 5.94. The molecule has 1 N–H and O–H groups in total. The third-order valence-electron chi connectivity index (χ3n) is 4.58. The molecule has 118 valence electrons. The van der Waals surface area contributed by atoms with Crippen LogP contribution in [0.15, 0.2) is 0 Å². The van der Waals surface area contributed by atoms with Gasteiger partial charge in [0.2, 0.25) is 0 Å². The van der Waals surface area contributed by atoms with Gasteiger partial charge in [-0.3, -0.25) is 4.79 Å². The van der Waals surface area contributed by atoms with E-state index in [0.717, 1.165) is 57.8 Å². The van der Waals surface area contributed by atoms with Crippen LogP contribution in [0.2, 0.25) is 0 Å². The number of ether oxygens (including phenoxy) is 1. The van der Waals surface area contributed by atoms with Gasteiger partial charge >= 0.3 is 5.97 Å². The maximum Gasteiger partial charge on any atom is 0.326 e. The summed E-state index contributed by atoms with van der Waals surface area (Å²) in [5.74, 6) is 0.675. The zero-order valence-corrected chi connectivity index (χ0v) is 13.7. The Labute approximate surface area is 124 Å². The lowest BCUT2D eigenvalue weighted by molar-refractivity contribution is -0.153. The van der Waals surface area contributed by atoms with Gasteiger partial charge in [-0.2, -0.15) is 0 Å². The average molecular weight is 284 g/mol. The van der Waals surface area contributed by atoms with E-state index in [1.807, 2.05) is 6.92 Å². The summed E-state index contributed by atoms with van der Waals surface area (Å²) in [6, 6.07) is 0. The lowest BCUT2D eigenvalue weighted by Gasteiger charge is -2.38. The lowest BCUT2D eigenvalue weighted by atomic mass is 9.77. The summed E-state index contributed by atoms with van der Waals surface area (Å²) >= 11 is 0. The first kappa shape index (κ1) is 17.4. The van der Waals surface area contributed by atoms with Crippen molar-refractivity contribution in [2.75, 3.05) is 32.8 Å². The molecule has 20 heavy (non-hydrogen) atoms. The molecule has 0 aromatic heterocycles. The molecule has 0 spiro atoms. The van der Waals surface area contributed by atoms with Gasteiger partial charge in [0.1, 0.15) is 5.54 Å². The van der Waals surface area contributed by atoms with Crippen LogP contribution in [0.3, 0.4) is 0 Å². The number of esters is 1. The summed E-state index contributed by atoms with van der Waals surface area (Å²) in [4.78, 5) is 14.7. The number of nitrogens with zero attached hydrogens (tertiary/aromatic N) is 1. The van der Waals surface area contributed by atoms with Gasteiger partial charge in [0.25, 0.3) is 0 Å². The third kappa shape index (κ3) is 4.74. The summed E-state index contributed by atoms with van der Waals surface area (Å²) < 4.78 is 5.32. The second kappa shape index (κ2) is 8.63. The Kier molecular flexibility index (Phi) is 7.52. The van der Waals surface area contributed by atoms with Crippen molar-refractivity contribution >= 4 is 5.97 Å². The fourth-order valence-corrected chi connectivity index (χ4v) is 2.97. The van der Waals surface area contributed by atoms with Gasteiger partial charge in [-0.05, 0) is 51.6 Å². The van der Waals surface area contributed by atoms with E-state index in [4.69, 9.17) is 4.74 Å². The van der Waals surface area contributed by atoms with E-state index >= 15 is 0 Å². The first-order valence-electron chi connectivity index (χ1n) is 8.22. The van der Waals surface area contributed by atoms with E-state index in [1.54, 1.807) is 0 Å². The number of rotatable bonds is 8. The van der Waals surface area contributed by atoms with E-state index in [9.17, 15) is 4.79 Å². The largest absolute Gasteiger partial charge is 0.465 e. The number of hydrogen-bond acceptors (Lipinski definition) is 4. The van der Waals surface area contributed by atoms with Crippen LogP contribution in [0.4, 0.5) is 0 Å². The molecule has 0 heterocycles. The highest BCUT2D eigenvalue weighted by atomic mass is 16.5. The molecule has 0 aromatic carbocycles. The van der Waals surface area contributed by atoms with Crippen LogP contribution >= 0.6 is 0 Å². The van der Waals surface area contributed by atoms with Crippen molar-refractivity contribution in [3.8, 4) is 0 Å². The topological polar surface area (TPSA) is 41.6 Å². The number of carbonyl (C=O) groups excluding carboxylic acids is 1. The molecule has 4 nitrogen and oxygen atoms in total. The van der Waals surface area contributed by atoms with Gasteiger partial charge in [-0.25, -0.2) is 0 Å². The van der Waals surface area contributed by atoms with E-state index in [-0.39, 0.29) is 5.97 Å². The Balaban J connectivity index is 2.57. The second-order valence-electron chi connectivity index (χ2n) is 5.94. The van der Waals surface area contributed by atoms with Gasteiger partial charge in [0.15, 0.2) is 0 Å². The molecule has 0 atom stereocenters. The van der Waals surface area contributed by atoms with Crippen LogP contribution < -0.4 is 5.32 Å². The summed E-state index contributed by atoms with van der Waals surface area (Å²) in [7, 11) is 0. The Bertz CT molecular complexity index is 282. The van der Waals surface area contributed by atoms with Crippen LogP contribution in [0.25, 0.3) is 0 Å². The first-order chi connectivity index (χ1) is 9.57. The summed E-state index contributed by atoms with van der Waals surface area (Å²) in [5.41, 5.74) is -0.435. The minimum absolute atomic E-state index is 0.0496. The van der Waals surface area contributed by atoms with Gasteiger partial charge in [-0.15, -0.1) is 0 Å².